The Labute approximate surface area is 166 Å². The Kier molecular flexibility index (Phi) is 6.71. The Morgan fingerprint density at radius 3 is 2.48 bits per heavy atom. The van der Waals surface area contributed by atoms with E-state index in [4.69, 9.17) is 4.74 Å². The number of nitrogens with zero attached hydrogens (tertiary/aromatic N) is 1. The Morgan fingerprint density at radius 2 is 1.78 bits per heavy atom. The van der Waals surface area contributed by atoms with Gasteiger partial charge in [0.15, 0.2) is 11.6 Å². The molecule has 0 spiro atoms. The molecule has 0 saturated carbocycles. The SMILES string of the molecule is O=C(CCc1cccnc1)Cc1ccc(COc2c(F)cccc2Br)cc1. The molecule has 138 valence electrons. The topological polar surface area (TPSA) is 39.2 Å². The summed E-state index contributed by atoms with van der Waals surface area (Å²) in [6.45, 7) is 0.259. The molecule has 0 radical (unpaired) electrons. The lowest BCUT2D eigenvalue weighted by Crippen LogP contribution is -2.05. The zero-order valence-electron chi connectivity index (χ0n) is 14.7. The summed E-state index contributed by atoms with van der Waals surface area (Å²) in [6, 6.07) is 16.2. The molecule has 0 aliphatic rings. The van der Waals surface area contributed by atoms with Crippen molar-refractivity contribution in [2.75, 3.05) is 0 Å². The summed E-state index contributed by atoms with van der Waals surface area (Å²) >= 11 is 3.28. The van der Waals surface area contributed by atoms with Crippen LogP contribution in [0.2, 0.25) is 0 Å². The van der Waals surface area contributed by atoms with E-state index in [1.165, 1.54) is 6.07 Å². The first-order valence-corrected chi connectivity index (χ1v) is 9.46. The van der Waals surface area contributed by atoms with E-state index in [0.29, 0.717) is 23.7 Å². The molecule has 3 aromatic rings. The molecule has 0 saturated heterocycles. The number of ketones is 1. The van der Waals surface area contributed by atoms with Gasteiger partial charge >= 0.3 is 0 Å². The highest BCUT2D eigenvalue weighted by molar-refractivity contribution is 9.10. The van der Waals surface area contributed by atoms with E-state index in [9.17, 15) is 9.18 Å². The molecule has 3 rings (SSSR count). The van der Waals surface area contributed by atoms with Gasteiger partial charge in [-0.1, -0.05) is 36.4 Å². The van der Waals surface area contributed by atoms with Crippen molar-refractivity contribution in [3.8, 4) is 5.75 Å². The quantitative estimate of drug-likeness (QED) is 0.489. The number of rotatable bonds is 8. The maximum absolute atomic E-state index is 13.8. The fourth-order valence-corrected chi connectivity index (χ4v) is 3.13. The zero-order chi connectivity index (χ0) is 19.1. The number of pyridine rings is 1. The standard InChI is InChI=1S/C22H19BrFNO2/c23-20-4-1-5-21(24)22(20)27-15-18-8-6-16(7-9-18)13-19(26)11-10-17-3-2-12-25-14-17/h1-9,12,14H,10-11,13,15H2. The molecule has 2 aromatic carbocycles. The molecule has 0 aliphatic carbocycles. The van der Waals surface area contributed by atoms with E-state index in [-0.39, 0.29) is 18.1 Å². The number of benzene rings is 2. The number of hydrogen-bond donors (Lipinski definition) is 0. The first-order valence-electron chi connectivity index (χ1n) is 8.67. The predicted molar refractivity (Wildman–Crippen MR) is 106 cm³/mol. The number of aryl methyl sites for hydroxylation is 1. The normalized spacial score (nSPS) is 10.6. The van der Waals surface area contributed by atoms with Crippen molar-refractivity contribution in [1.82, 2.24) is 4.98 Å². The summed E-state index contributed by atoms with van der Waals surface area (Å²) < 4.78 is 19.9. The summed E-state index contributed by atoms with van der Waals surface area (Å²) in [5, 5.41) is 0. The van der Waals surface area contributed by atoms with Gasteiger partial charge in [0.2, 0.25) is 0 Å². The number of carbonyl (C=O) groups is 1. The van der Waals surface area contributed by atoms with Gasteiger partial charge < -0.3 is 4.74 Å². The van der Waals surface area contributed by atoms with Crippen LogP contribution < -0.4 is 4.74 Å². The Hall–Kier alpha value is -2.53. The highest BCUT2D eigenvalue weighted by atomic mass is 79.9. The molecule has 0 N–H and O–H groups in total. The van der Waals surface area contributed by atoms with Crippen molar-refractivity contribution in [2.45, 2.75) is 25.9 Å². The van der Waals surface area contributed by atoms with E-state index < -0.39 is 5.82 Å². The second-order valence-electron chi connectivity index (χ2n) is 6.23. The number of carbonyl (C=O) groups excluding carboxylic acids is 1. The fraction of sp³-hybridized carbons (Fsp3) is 0.182. The molecule has 5 heteroatoms. The smallest absolute Gasteiger partial charge is 0.169 e. The lowest BCUT2D eigenvalue weighted by Gasteiger charge is -2.09. The van der Waals surface area contributed by atoms with Gasteiger partial charge in [-0.05, 0) is 57.2 Å². The third kappa shape index (κ3) is 5.73. The second-order valence-corrected chi connectivity index (χ2v) is 7.09. The molecule has 0 fully saturated rings. The minimum atomic E-state index is -0.403. The zero-order valence-corrected chi connectivity index (χ0v) is 16.3. The van der Waals surface area contributed by atoms with Gasteiger partial charge in [-0.15, -0.1) is 0 Å². The molecule has 27 heavy (non-hydrogen) atoms. The first-order chi connectivity index (χ1) is 13.1. The average Bonchev–Trinajstić information content (AvgIpc) is 2.68. The third-order valence-electron chi connectivity index (χ3n) is 4.14. The second kappa shape index (κ2) is 9.42. The van der Waals surface area contributed by atoms with E-state index in [2.05, 4.69) is 20.9 Å². The Balaban J connectivity index is 1.50. The maximum Gasteiger partial charge on any atom is 0.169 e. The average molecular weight is 428 g/mol. The van der Waals surface area contributed by atoms with Crippen LogP contribution in [-0.2, 0) is 24.2 Å². The minimum absolute atomic E-state index is 0.193. The van der Waals surface area contributed by atoms with Crippen LogP contribution in [0.15, 0.2) is 71.5 Å². The highest BCUT2D eigenvalue weighted by Gasteiger charge is 2.09. The minimum Gasteiger partial charge on any atom is -0.485 e. The molecule has 0 atom stereocenters. The van der Waals surface area contributed by atoms with Crippen LogP contribution in [0.25, 0.3) is 0 Å². The van der Waals surface area contributed by atoms with Crippen LogP contribution in [-0.4, -0.2) is 10.8 Å². The van der Waals surface area contributed by atoms with Crippen LogP contribution in [0.5, 0.6) is 5.75 Å². The molecule has 0 bridgehead atoms. The van der Waals surface area contributed by atoms with Crippen LogP contribution in [0.3, 0.4) is 0 Å². The maximum atomic E-state index is 13.8. The molecule has 1 heterocycles. The number of aromatic nitrogens is 1. The van der Waals surface area contributed by atoms with E-state index in [0.717, 1.165) is 16.7 Å². The van der Waals surface area contributed by atoms with Crippen molar-refractivity contribution in [2.24, 2.45) is 0 Å². The van der Waals surface area contributed by atoms with Gasteiger partial charge in [0.05, 0.1) is 4.47 Å². The summed E-state index contributed by atoms with van der Waals surface area (Å²) in [6.07, 6.45) is 5.12. The molecular formula is C22H19BrFNO2. The molecule has 0 unspecified atom stereocenters. The summed E-state index contributed by atoms with van der Waals surface area (Å²) in [7, 11) is 0. The third-order valence-corrected chi connectivity index (χ3v) is 4.77. The number of Topliss-reactive ketones (excluding diaryl/α,β-unsaturated/α-hetero) is 1. The van der Waals surface area contributed by atoms with Crippen molar-refractivity contribution in [3.05, 3.63) is 94.0 Å². The molecule has 1 aromatic heterocycles. The van der Waals surface area contributed by atoms with Crippen LogP contribution in [0.4, 0.5) is 4.39 Å². The lowest BCUT2D eigenvalue weighted by molar-refractivity contribution is -0.118. The number of ether oxygens (including phenoxy) is 1. The first kappa shape index (κ1) is 19.2. The Bertz CT molecular complexity index is 878. The number of para-hydroxylation sites is 1. The molecular weight excluding hydrogens is 409 g/mol. The van der Waals surface area contributed by atoms with Crippen molar-refractivity contribution >= 4 is 21.7 Å². The van der Waals surface area contributed by atoms with Gasteiger partial charge in [0.25, 0.3) is 0 Å². The number of hydrogen-bond acceptors (Lipinski definition) is 3. The van der Waals surface area contributed by atoms with Crippen LogP contribution in [0.1, 0.15) is 23.1 Å². The van der Waals surface area contributed by atoms with E-state index in [1.54, 1.807) is 24.5 Å². The largest absolute Gasteiger partial charge is 0.485 e. The summed E-state index contributed by atoms with van der Waals surface area (Å²) in [5.74, 6) is -0.00879. The van der Waals surface area contributed by atoms with Gasteiger partial charge in [-0.2, -0.15) is 0 Å². The molecule has 3 nitrogen and oxygen atoms in total. The molecule has 0 aliphatic heterocycles. The van der Waals surface area contributed by atoms with Gasteiger partial charge in [0.1, 0.15) is 12.4 Å². The molecule has 0 amide bonds. The van der Waals surface area contributed by atoms with Crippen molar-refractivity contribution in [1.29, 1.82) is 0 Å². The van der Waals surface area contributed by atoms with Crippen molar-refractivity contribution in [3.63, 3.8) is 0 Å². The van der Waals surface area contributed by atoms with E-state index in [1.807, 2.05) is 36.4 Å². The van der Waals surface area contributed by atoms with Crippen molar-refractivity contribution < 1.29 is 13.9 Å². The van der Waals surface area contributed by atoms with Crippen LogP contribution >= 0.6 is 15.9 Å². The van der Waals surface area contributed by atoms with Gasteiger partial charge in [-0.25, -0.2) is 4.39 Å². The number of halogens is 2. The summed E-state index contributed by atoms with van der Waals surface area (Å²) in [4.78, 5) is 16.2. The monoisotopic (exact) mass is 427 g/mol. The van der Waals surface area contributed by atoms with Gasteiger partial charge in [0, 0.05) is 25.2 Å². The van der Waals surface area contributed by atoms with E-state index >= 15 is 0 Å². The Morgan fingerprint density at radius 1 is 1.00 bits per heavy atom. The summed E-state index contributed by atoms with van der Waals surface area (Å²) in [5.41, 5.74) is 2.94. The highest BCUT2D eigenvalue weighted by Crippen LogP contribution is 2.28. The predicted octanol–water partition coefficient (Wildman–Crippen LogP) is 5.31. The fourth-order valence-electron chi connectivity index (χ4n) is 2.68. The van der Waals surface area contributed by atoms with Gasteiger partial charge in [-0.3, -0.25) is 9.78 Å². The van der Waals surface area contributed by atoms with Crippen LogP contribution in [0, 0.1) is 5.82 Å². The lowest BCUT2D eigenvalue weighted by atomic mass is 10.0.